The lowest BCUT2D eigenvalue weighted by Crippen LogP contribution is -1.86. The van der Waals surface area contributed by atoms with Crippen LogP contribution in [0.1, 0.15) is 0 Å². The molecule has 0 aliphatic heterocycles. The summed E-state index contributed by atoms with van der Waals surface area (Å²) in [6.45, 7) is 2.96. The lowest BCUT2D eigenvalue weighted by Gasteiger charge is -1.85. The van der Waals surface area contributed by atoms with Crippen molar-refractivity contribution in [1.82, 2.24) is 0 Å². The molecule has 0 atom stereocenters. The molecule has 0 heterocycles. The van der Waals surface area contributed by atoms with Crippen LogP contribution in [-0.4, -0.2) is 8.42 Å². The molecule has 0 aliphatic carbocycles. The fourth-order valence-electron chi connectivity index (χ4n) is 0.0813. The van der Waals surface area contributed by atoms with Gasteiger partial charge >= 0.3 is 9.33 Å². The molecule has 5 heteroatoms. The Hall–Kier alpha value is -0.220. The van der Waals surface area contributed by atoms with E-state index < -0.39 is 9.33 Å². The molecule has 42 valence electrons. The number of hydrogen-bond donors (Lipinski definition) is 0. The minimum atomic E-state index is -3.82. The Balaban J connectivity index is 3.84. The van der Waals surface area contributed by atoms with Crippen LogP contribution in [0.15, 0.2) is 12.8 Å². The van der Waals surface area contributed by atoms with Crippen molar-refractivity contribution in [2.24, 2.45) is 0 Å². The van der Waals surface area contributed by atoms with E-state index in [0.717, 1.165) is 6.26 Å². The third-order valence-electron chi connectivity index (χ3n) is 0.183. The predicted molar refractivity (Wildman–Crippen MR) is 26.1 cm³/mol. The van der Waals surface area contributed by atoms with Gasteiger partial charge in [0, 0.05) is 0 Å². The van der Waals surface area contributed by atoms with Gasteiger partial charge < -0.3 is 4.18 Å². The van der Waals surface area contributed by atoms with Crippen LogP contribution in [0.4, 0.5) is 0 Å². The fourth-order valence-corrected chi connectivity index (χ4v) is 0.398. The third-order valence-corrected chi connectivity index (χ3v) is 0.767. The van der Waals surface area contributed by atoms with E-state index >= 15 is 0 Å². The van der Waals surface area contributed by atoms with Crippen LogP contribution < -0.4 is 0 Å². The van der Waals surface area contributed by atoms with Crippen LogP contribution in [0, 0.1) is 0 Å². The Labute approximate surface area is 46.2 Å². The second kappa shape index (κ2) is 2.18. The molecule has 0 saturated carbocycles. The predicted octanol–water partition coefficient (Wildman–Crippen LogP) is 0.630. The quantitative estimate of drug-likeness (QED) is 0.420. The van der Waals surface area contributed by atoms with Crippen molar-refractivity contribution >= 4 is 20.0 Å². The molecular weight excluding hydrogens is 140 g/mol. The van der Waals surface area contributed by atoms with Gasteiger partial charge in [0.1, 0.15) is 6.26 Å². The Morgan fingerprint density at radius 2 is 2.14 bits per heavy atom. The zero-order chi connectivity index (χ0) is 5.91. The molecule has 0 saturated heterocycles. The van der Waals surface area contributed by atoms with Gasteiger partial charge in [-0.3, -0.25) is 0 Å². The van der Waals surface area contributed by atoms with Crippen LogP contribution in [0.25, 0.3) is 0 Å². The summed E-state index contributed by atoms with van der Waals surface area (Å²) in [4.78, 5) is 0. The molecule has 0 aliphatic rings. The first-order valence-electron chi connectivity index (χ1n) is 1.30. The van der Waals surface area contributed by atoms with E-state index in [1.54, 1.807) is 0 Å². The maximum absolute atomic E-state index is 9.70. The van der Waals surface area contributed by atoms with Gasteiger partial charge in [-0.1, -0.05) is 6.58 Å². The topological polar surface area (TPSA) is 43.4 Å². The molecule has 3 nitrogen and oxygen atoms in total. The second-order valence-corrected chi connectivity index (χ2v) is 2.77. The summed E-state index contributed by atoms with van der Waals surface area (Å²) < 4.78 is 23.1. The van der Waals surface area contributed by atoms with E-state index in [-0.39, 0.29) is 0 Å². The van der Waals surface area contributed by atoms with Crippen LogP contribution in [0.5, 0.6) is 0 Å². The van der Waals surface area contributed by atoms with Crippen molar-refractivity contribution in [2.45, 2.75) is 0 Å². The van der Waals surface area contributed by atoms with Gasteiger partial charge in [-0.05, 0) is 0 Å². The molecule has 0 spiro atoms. The highest BCUT2D eigenvalue weighted by Gasteiger charge is 1.97. The van der Waals surface area contributed by atoms with Gasteiger partial charge in [-0.15, -0.1) is 0 Å². The molecular formula is C2H3ClO3S. The zero-order valence-electron chi connectivity index (χ0n) is 3.30. The highest BCUT2D eigenvalue weighted by atomic mass is 35.7. The summed E-state index contributed by atoms with van der Waals surface area (Å²) in [6, 6.07) is 0. The Bertz CT molecular complexity index is 146. The number of halogens is 1. The lowest BCUT2D eigenvalue weighted by atomic mass is 11.2. The monoisotopic (exact) mass is 142 g/mol. The van der Waals surface area contributed by atoms with E-state index in [1.165, 1.54) is 0 Å². The molecule has 0 N–H and O–H groups in total. The van der Waals surface area contributed by atoms with Crippen molar-refractivity contribution in [3.63, 3.8) is 0 Å². The van der Waals surface area contributed by atoms with E-state index in [0.29, 0.717) is 0 Å². The van der Waals surface area contributed by atoms with E-state index in [1.807, 2.05) is 0 Å². The van der Waals surface area contributed by atoms with Crippen molar-refractivity contribution < 1.29 is 12.6 Å². The number of hydrogen-bond acceptors (Lipinski definition) is 3. The van der Waals surface area contributed by atoms with Gasteiger partial charge in [-0.25, -0.2) is 0 Å². The maximum Gasteiger partial charge on any atom is 0.400 e. The largest absolute Gasteiger partial charge is 0.400 e. The van der Waals surface area contributed by atoms with Crippen LogP contribution >= 0.6 is 10.7 Å². The highest BCUT2D eigenvalue weighted by Crippen LogP contribution is 1.96. The first kappa shape index (κ1) is 6.78. The standard InChI is InChI=1S/C2H3ClO3S/c1-2-6-7(3,4)5/h2H,1H2. The summed E-state index contributed by atoms with van der Waals surface area (Å²) in [5.41, 5.74) is 0. The molecule has 0 aromatic rings. The van der Waals surface area contributed by atoms with Crippen LogP contribution in [-0.2, 0) is 13.5 Å². The average molecular weight is 143 g/mol. The molecule has 7 heavy (non-hydrogen) atoms. The summed E-state index contributed by atoms with van der Waals surface area (Å²) in [5.74, 6) is 0. The average Bonchev–Trinajstić information content (AvgIpc) is 1.30. The smallest absolute Gasteiger partial charge is 0.380 e. The number of rotatable bonds is 2. The van der Waals surface area contributed by atoms with Gasteiger partial charge in [-0.2, -0.15) is 8.42 Å². The van der Waals surface area contributed by atoms with E-state index in [2.05, 4.69) is 21.4 Å². The van der Waals surface area contributed by atoms with Crippen LogP contribution in [0.3, 0.4) is 0 Å². The Morgan fingerprint density at radius 3 is 2.14 bits per heavy atom. The minimum Gasteiger partial charge on any atom is -0.380 e. The molecule has 0 unspecified atom stereocenters. The maximum atomic E-state index is 9.70. The first-order valence-corrected chi connectivity index (χ1v) is 3.53. The van der Waals surface area contributed by atoms with Gasteiger partial charge in [0.25, 0.3) is 0 Å². The third kappa shape index (κ3) is 5.78. The van der Waals surface area contributed by atoms with Gasteiger partial charge in [0.05, 0.1) is 10.7 Å². The second-order valence-electron chi connectivity index (χ2n) is 0.656. The molecule has 0 bridgehead atoms. The molecule has 0 aromatic heterocycles. The van der Waals surface area contributed by atoms with Gasteiger partial charge in [0.2, 0.25) is 0 Å². The molecule has 0 radical (unpaired) electrons. The minimum absolute atomic E-state index is 0.738. The Kier molecular flexibility index (Phi) is 2.11. The molecule has 0 amide bonds. The van der Waals surface area contributed by atoms with Crippen molar-refractivity contribution in [3.05, 3.63) is 12.8 Å². The first-order chi connectivity index (χ1) is 3.06. The zero-order valence-corrected chi connectivity index (χ0v) is 4.87. The normalized spacial score (nSPS) is 10.4. The van der Waals surface area contributed by atoms with E-state index in [9.17, 15) is 8.42 Å². The molecule has 0 rings (SSSR count). The van der Waals surface area contributed by atoms with Gasteiger partial charge in [0.15, 0.2) is 0 Å². The lowest BCUT2D eigenvalue weighted by molar-refractivity contribution is 0.461. The Morgan fingerprint density at radius 1 is 1.71 bits per heavy atom. The SMILES string of the molecule is C=COS(=O)(=O)Cl. The summed E-state index contributed by atoms with van der Waals surface area (Å²) in [6.07, 6.45) is 0.738. The summed E-state index contributed by atoms with van der Waals surface area (Å²) >= 11 is 0. The van der Waals surface area contributed by atoms with Crippen LogP contribution in [0.2, 0.25) is 0 Å². The van der Waals surface area contributed by atoms with Crippen molar-refractivity contribution in [2.75, 3.05) is 0 Å². The highest BCUT2D eigenvalue weighted by molar-refractivity contribution is 8.10. The van der Waals surface area contributed by atoms with E-state index in [4.69, 9.17) is 0 Å². The summed E-state index contributed by atoms with van der Waals surface area (Å²) in [7, 11) is 0.692. The fraction of sp³-hybridized carbons (Fsp3) is 0. The van der Waals surface area contributed by atoms with Crippen molar-refractivity contribution in [3.8, 4) is 0 Å². The summed E-state index contributed by atoms with van der Waals surface area (Å²) in [5, 5.41) is 0. The molecule has 0 fully saturated rings. The molecule has 0 aromatic carbocycles. The van der Waals surface area contributed by atoms with Crippen molar-refractivity contribution in [1.29, 1.82) is 0 Å².